The molecule has 0 aliphatic carbocycles. The molecule has 2 aliphatic heterocycles. The van der Waals surface area contributed by atoms with Gasteiger partial charge in [-0.25, -0.2) is 9.59 Å². The normalized spacial score (nSPS) is 13.9. The summed E-state index contributed by atoms with van der Waals surface area (Å²) in [6, 6.07) is 8.14. The van der Waals surface area contributed by atoms with Gasteiger partial charge in [0.05, 0.1) is 31.6 Å². The van der Waals surface area contributed by atoms with Crippen LogP contribution in [0.15, 0.2) is 30.3 Å². The molecule has 0 bridgehead atoms. The highest BCUT2D eigenvalue weighted by Crippen LogP contribution is 2.44. The van der Waals surface area contributed by atoms with Crippen LogP contribution >= 0.6 is 0 Å². The van der Waals surface area contributed by atoms with Crippen LogP contribution in [0.2, 0.25) is 0 Å². The fourth-order valence-electron chi connectivity index (χ4n) is 3.24. The number of anilines is 2. The molecule has 26 heavy (non-hydrogen) atoms. The Hall–Kier alpha value is -3.22. The monoisotopic (exact) mass is 354 g/mol. The van der Waals surface area contributed by atoms with Crippen molar-refractivity contribution in [1.82, 2.24) is 0 Å². The van der Waals surface area contributed by atoms with Crippen LogP contribution in [0.4, 0.5) is 16.2 Å². The smallest absolute Gasteiger partial charge is 0.337 e. The first-order valence-electron chi connectivity index (χ1n) is 8.36. The Balaban J connectivity index is 1.56. The van der Waals surface area contributed by atoms with Crippen LogP contribution in [-0.4, -0.2) is 32.3 Å². The lowest BCUT2D eigenvalue weighted by Gasteiger charge is -2.14. The molecule has 0 radical (unpaired) electrons. The number of urea groups is 1. The van der Waals surface area contributed by atoms with Crippen molar-refractivity contribution in [2.75, 3.05) is 31.0 Å². The van der Waals surface area contributed by atoms with Crippen LogP contribution in [0, 0.1) is 0 Å². The molecule has 0 spiro atoms. The quantitative estimate of drug-likeness (QED) is 0.828. The highest BCUT2D eigenvalue weighted by Gasteiger charge is 2.27. The Morgan fingerprint density at radius 1 is 1.08 bits per heavy atom. The van der Waals surface area contributed by atoms with Gasteiger partial charge in [0.25, 0.3) is 0 Å². The van der Waals surface area contributed by atoms with Gasteiger partial charge in [0, 0.05) is 29.7 Å². The van der Waals surface area contributed by atoms with E-state index in [2.05, 4.69) is 10.6 Å². The summed E-state index contributed by atoms with van der Waals surface area (Å²) >= 11 is 0. The third kappa shape index (κ3) is 2.92. The largest absolute Gasteiger partial charge is 0.493 e. The molecule has 2 aromatic rings. The minimum absolute atomic E-state index is 0.364. The van der Waals surface area contributed by atoms with E-state index in [1.807, 2.05) is 6.07 Å². The number of rotatable bonds is 3. The summed E-state index contributed by atoms with van der Waals surface area (Å²) in [5.41, 5.74) is 3.50. The van der Waals surface area contributed by atoms with E-state index in [4.69, 9.17) is 14.2 Å². The van der Waals surface area contributed by atoms with Crippen LogP contribution < -0.4 is 20.1 Å². The molecule has 0 atom stereocenters. The molecule has 0 unspecified atom stereocenters. The number of fused-ring (bicyclic) bond motifs is 2. The van der Waals surface area contributed by atoms with E-state index in [1.54, 1.807) is 24.3 Å². The molecule has 0 aromatic heterocycles. The first-order valence-corrected chi connectivity index (χ1v) is 8.36. The van der Waals surface area contributed by atoms with Gasteiger partial charge in [-0.2, -0.15) is 0 Å². The number of benzene rings is 2. The van der Waals surface area contributed by atoms with E-state index in [9.17, 15) is 9.59 Å². The number of carbonyl (C=O) groups is 2. The number of esters is 1. The van der Waals surface area contributed by atoms with Gasteiger partial charge in [-0.05, 0) is 24.3 Å². The average Bonchev–Trinajstić information content (AvgIpc) is 3.30. The Morgan fingerprint density at radius 3 is 2.77 bits per heavy atom. The predicted octanol–water partition coefficient (Wildman–Crippen LogP) is 2.99. The van der Waals surface area contributed by atoms with Crippen molar-refractivity contribution in [2.45, 2.75) is 12.8 Å². The topological polar surface area (TPSA) is 85.9 Å². The lowest BCUT2D eigenvalue weighted by atomic mass is 10.0. The molecular weight excluding hydrogens is 336 g/mol. The summed E-state index contributed by atoms with van der Waals surface area (Å²) in [5, 5.41) is 5.62. The Labute approximate surface area is 150 Å². The van der Waals surface area contributed by atoms with Gasteiger partial charge in [-0.15, -0.1) is 0 Å². The van der Waals surface area contributed by atoms with Crippen molar-refractivity contribution >= 4 is 23.4 Å². The van der Waals surface area contributed by atoms with E-state index >= 15 is 0 Å². The molecule has 2 amide bonds. The average molecular weight is 354 g/mol. The minimum Gasteiger partial charge on any atom is -0.493 e. The van der Waals surface area contributed by atoms with Gasteiger partial charge in [-0.3, -0.25) is 0 Å². The second-order valence-electron chi connectivity index (χ2n) is 6.06. The second-order valence-corrected chi connectivity index (χ2v) is 6.06. The van der Waals surface area contributed by atoms with E-state index in [1.165, 1.54) is 7.11 Å². The first kappa shape index (κ1) is 16.3. The SMILES string of the molecule is COC(=O)c1cccc(NC(=O)Nc2c3c(cc4c2OCC4)OCC3)c1. The Bertz CT molecular complexity index is 861. The van der Waals surface area contributed by atoms with E-state index in [0.29, 0.717) is 35.9 Å². The molecule has 0 saturated heterocycles. The van der Waals surface area contributed by atoms with Crippen molar-refractivity contribution in [2.24, 2.45) is 0 Å². The number of carbonyl (C=O) groups excluding carboxylic acids is 2. The number of hydrogen-bond acceptors (Lipinski definition) is 5. The molecule has 2 heterocycles. The van der Waals surface area contributed by atoms with E-state index in [-0.39, 0.29) is 0 Å². The summed E-state index contributed by atoms with van der Waals surface area (Å²) in [7, 11) is 1.31. The zero-order chi connectivity index (χ0) is 18.1. The van der Waals surface area contributed by atoms with Gasteiger partial charge in [0.1, 0.15) is 11.5 Å². The van der Waals surface area contributed by atoms with Gasteiger partial charge in [0.2, 0.25) is 0 Å². The summed E-state index contributed by atoms with van der Waals surface area (Å²) in [5.74, 6) is 1.06. The second kappa shape index (κ2) is 6.59. The summed E-state index contributed by atoms with van der Waals surface area (Å²) in [4.78, 5) is 24.1. The number of amides is 2. The highest BCUT2D eigenvalue weighted by molar-refractivity contribution is 6.02. The standard InChI is InChI=1S/C19H18N2O5/c1-24-18(22)12-3-2-4-13(9-12)20-19(23)21-16-14-6-8-25-15(14)10-11-5-7-26-17(11)16/h2-4,9-10H,5-8H2,1H3,(H2,20,21,23). The summed E-state index contributed by atoms with van der Waals surface area (Å²) in [6.07, 6.45) is 1.52. The van der Waals surface area contributed by atoms with Crippen molar-refractivity contribution in [1.29, 1.82) is 0 Å². The molecule has 2 N–H and O–H groups in total. The molecule has 2 aliphatic rings. The molecule has 4 rings (SSSR count). The molecule has 7 nitrogen and oxygen atoms in total. The number of ether oxygens (including phenoxy) is 3. The van der Waals surface area contributed by atoms with Crippen molar-refractivity contribution in [3.8, 4) is 11.5 Å². The molecule has 7 heteroatoms. The predicted molar refractivity (Wildman–Crippen MR) is 95.3 cm³/mol. The molecule has 0 saturated carbocycles. The first-order chi connectivity index (χ1) is 12.7. The van der Waals surface area contributed by atoms with Crippen LogP contribution in [0.5, 0.6) is 11.5 Å². The van der Waals surface area contributed by atoms with Crippen LogP contribution in [0.3, 0.4) is 0 Å². The van der Waals surface area contributed by atoms with Gasteiger partial charge < -0.3 is 24.8 Å². The van der Waals surface area contributed by atoms with Gasteiger partial charge in [0.15, 0.2) is 0 Å². The third-order valence-corrected chi connectivity index (χ3v) is 4.43. The number of hydrogen-bond donors (Lipinski definition) is 2. The highest BCUT2D eigenvalue weighted by atomic mass is 16.5. The van der Waals surface area contributed by atoms with Crippen LogP contribution in [-0.2, 0) is 17.6 Å². The lowest BCUT2D eigenvalue weighted by Crippen LogP contribution is -2.21. The van der Waals surface area contributed by atoms with Crippen LogP contribution in [0.1, 0.15) is 21.5 Å². The van der Waals surface area contributed by atoms with Crippen molar-refractivity contribution in [3.05, 3.63) is 47.0 Å². The fourth-order valence-corrected chi connectivity index (χ4v) is 3.24. The zero-order valence-electron chi connectivity index (χ0n) is 14.3. The maximum Gasteiger partial charge on any atom is 0.337 e. The number of nitrogens with one attached hydrogen (secondary N) is 2. The molecule has 2 aromatic carbocycles. The minimum atomic E-state index is -0.460. The van der Waals surface area contributed by atoms with Gasteiger partial charge >= 0.3 is 12.0 Å². The van der Waals surface area contributed by atoms with E-state index < -0.39 is 12.0 Å². The Kier molecular flexibility index (Phi) is 4.12. The van der Waals surface area contributed by atoms with Crippen LogP contribution in [0.25, 0.3) is 0 Å². The third-order valence-electron chi connectivity index (χ3n) is 4.43. The molecule has 134 valence electrons. The summed E-state index contributed by atoms with van der Waals surface area (Å²) < 4.78 is 16.0. The maximum absolute atomic E-state index is 12.5. The number of methoxy groups -OCH3 is 1. The lowest BCUT2D eigenvalue weighted by molar-refractivity contribution is 0.0600. The summed E-state index contributed by atoms with van der Waals surface area (Å²) in [6.45, 7) is 1.19. The molecule has 0 fully saturated rings. The maximum atomic E-state index is 12.5. The van der Waals surface area contributed by atoms with Crippen molar-refractivity contribution in [3.63, 3.8) is 0 Å². The van der Waals surface area contributed by atoms with Gasteiger partial charge in [-0.1, -0.05) is 6.07 Å². The fraction of sp³-hybridized carbons (Fsp3) is 0.263. The Morgan fingerprint density at radius 2 is 1.92 bits per heavy atom. The molecular formula is C19H18N2O5. The zero-order valence-corrected chi connectivity index (χ0v) is 14.3. The van der Waals surface area contributed by atoms with E-state index in [0.717, 1.165) is 29.7 Å². The van der Waals surface area contributed by atoms with Crippen molar-refractivity contribution < 1.29 is 23.8 Å².